The molecule has 0 radical (unpaired) electrons. The van der Waals surface area contributed by atoms with Gasteiger partial charge in [-0.05, 0) is 60.7 Å². The monoisotopic (exact) mass is 568 g/mol. The van der Waals surface area contributed by atoms with Crippen LogP contribution in [0.25, 0.3) is 0 Å². The molecule has 1 fully saturated rings. The third-order valence-corrected chi connectivity index (χ3v) is 35.9. The number of carboxylic acid groups (broad SMARTS) is 1. The summed E-state index contributed by atoms with van der Waals surface area (Å²) in [5.41, 5.74) is 0.130. The lowest BCUT2D eigenvalue weighted by molar-refractivity contribution is 0.0694. The molecule has 3 aromatic rings. The fraction of sp³-hybridized carbons (Fsp3) is 0.0952. The van der Waals surface area contributed by atoms with Crippen molar-refractivity contribution in [3.05, 3.63) is 72.3 Å². The van der Waals surface area contributed by atoms with Gasteiger partial charge in [-0.15, -0.1) is 5.11 Å². The molecule has 0 unspecified atom stereocenters. The Morgan fingerprint density at radius 2 is 1.50 bits per heavy atom. The third-order valence-electron chi connectivity index (χ3n) is 4.66. The topological polar surface area (TPSA) is 101 Å². The van der Waals surface area contributed by atoms with Crippen molar-refractivity contribution in [1.82, 2.24) is 0 Å². The quantitative estimate of drug-likeness (QED) is 0.241. The van der Waals surface area contributed by atoms with E-state index in [0.29, 0.717) is 11.4 Å². The molecule has 1 heterocycles. The predicted octanol–water partition coefficient (Wildman–Crippen LogP) is 6.27. The zero-order valence-electron chi connectivity index (χ0n) is 17.6. The number of aromatic hydroxyl groups is 1. The minimum absolute atomic E-state index is 0.0310. The van der Waals surface area contributed by atoms with Crippen LogP contribution in [0.4, 0.5) is 5.69 Å². The third kappa shape index (κ3) is 5.51. The minimum Gasteiger partial charge on any atom is -0.507 e. The Balaban J connectivity index is 1.33. The van der Waals surface area contributed by atoms with Gasteiger partial charge < -0.3 is 19.7 Å². The Bertz CT molecular complexity index is 1340. The maximum Gasteiger partial charge on any atom is 0.339 e. The Morgan fingerprint density at radius 3 is 2.00 bits per heavy atom. The SMILES string of the molecule is COc1ccc(P2(=S)SP(=S)(c3ccc(OCN=Nc4ccc(C(=O)O)c(O)c4)cc3)S2)cc1. The molecule has 0 aromatic heterocycles. The van der Waals surface area contributed by atoms with Crippen molar-refractivity contribution in [1.29, 1.82) is 0 Å². The lowest BCUT2D eigenvalue weighted by atomic mass is 10.2. The van der Waals surface area contributed by atoms with Crippen LogP contribution in [0, 0.1) is 0 Å². The highest BCUT2D eigenvalue weighted by atomic mass is 33.7. The average molecular weight is 569 g/mol. The van der Waals surface area contributed by atoms with Gasteiger partial charge >= 0.3 is 5.97 Å². The number of benzene rings is 3. The molecule has 1 aliphatic rings. The van der Waals surface area contributed by atoms with Crippen molar-refractivity contribution in [2.75, 3.05) is 13.8 Å². The highest BCUT2D eigenvalue weighted by Crippen LogP contribution is 3.04. The van der Waals surface area contributed by atoms with Gasteiger partial charge in [-0.25, -0.2) is 4.79 Å². The molecule has 34 heavy (non-hydrogen) atoms. The van der Waals surface area contributed by atoms with Crippen LogP contribution < -0.4 is 20.1 Å². The summed E-state index contributed by atoms with van der Waals surface area (Å²) in [4.78, 5) is 10.9. The van der Waals surface area contributed by atoms with Gasteiger partial charge in [0.1, 0.15) is 22.8 Å². The molecule has 0 saturated carbocycles. The second-order valence-electron chi connectivity index (χ2n) is 6.87. The first-order valence-corrected chi connectivity index (χ1v) is 19.3. The first kappa shape index (κ1) is 25.2. The number of nitrogens with zero attached hydrogens (tertiary/aromatic N) is 2. The van der Waals surface area contributed by atoms with E-state index in [0.717, 1.165) is 16.4 Å². The van der Waals surface area contributed by atoms with Crippen molar-refractivity contribution >= 4 is 76.8 Å². The fourth-order valence-corrected chi connectivity index (χ4v) is 45.2. The van der Waals surface area contributed by atoms with Gasteiger partial charge in [-0.3, -0.25) is 0 Å². The molecule has 4 rings (SSSR count). The summed E-state index contributed by atoms with van der Waals surface area (Å²) in [7, 11) is 1.64. The van der Waals surface area contributed by atoms with Crippen molar-refractivity contribution in [2.45, 2.75) is 0 Å². The molecule has 7 nitrogen and oxygen atoms in total. The van der Waals surface area contributed by atoms with E-state index in [1.165, 1.54) is 18.2 Å². The molecule has 3 aromatic carbocycles. The Kier molecular flexibility index (Phi) is 7.72. The first-order chi connectivity index (χ1) is 16.2. The number of ether oxygens (including phenoxy) is 2. The van der Waals surface area contributed by atoms with Gasteiger partial charge in [0.15, 0.2) is 6.73 Å². The second-order valence-corrected chi connectivity index (χ2v) is 28.2. The molecule has 0 amide bonds. The van der Waals surface area contributed by atoms with Gasteiger partial charge in [0.05, 0.1) is 21.7 Å². The molecule has 1 aliphatic heterocycles. The van der Waals surface area contributed by atoms with Gasteiger partial charge in [-0.1, -0.05) is 45.6 Å². The van der Waals surface area contributed by atoms with E-state index in [4.69, 9.17) is 38.2 Å². The molecule has 0 bridgehead atoms. The average Bonchev–Trinajstić information content (AvgIpc) is 2.81. The number of carbonyl (C=O) groups is 1. The van der Waals surface area contributed by atoms with Crippen LogP contribution in [0.2, 0.25) is 0 Å². The number of phenols is 1. The smallest absolute Gasteiger partial charge is 0.339 e. The van der Waals surface area contributed by atoms with E-state index < -0.39 is 14.9 Å². The van der Waals surface area contributed by atoms with Crippen LogP contribution in [0.1, 0.15) is 10.4 Å². The number of hydrogen-bond donors (Lipinski definition) is 2. The molecule has 2 N–H and O–H groups in total. The molecule has 0 atom stereocenters. The standard InChI is InChI=1S/C21H18N2O5P2S4/c1-27-15-3-7-17(8-4-15)29(31)33-30(32,34-29)18-9-5-16(6-10-18)28-13-22-23-14-2-11-19(21(25)26)20(24)12-14/h2-12,24H,13H2,1H3,(H,25,26). The van der Waals surface area contributed by atoms with E-state index in [2.05, 4.69) is 10.2 Å². The maximum absolute atomic E-state index is 10.9. The number of azo groups is 1. The van der Waals surface area contributed by atoms with Crippen molar-refractivity contribution in [3.63, 3.8) is 0 Å². The highest BCUT2D eigenvalue weighted by molar-refractivity contribution is 9.48. The largest absolute Gasteiger partial charge is 0.507 e. The zero-order chi connectivity index (χ0) is 24.3. The van der Waals surface area contributed by atoms with E-state index in [-0.39, 0.29) is 18.0 Å². The molecule has 1 saturated heterocycles. The summed E-state index contributed by atoms with van der Waals surface area (Å²) in [5, 5.41) is 28.7. The number of hydrogen-bond acceptors (Lipinski definition) is 10. The Hall–Kier alpha value is -1.87. The summed E-state index contributed by atoms with van der Waals surface area (Å²) in [6.07, 6.45) is 0. The van der Waals surface area contributed by atoms with E-state index in [1.807, 2.05) is 48.5 Å². The minimum atomic E-state index is -1.84. The highest BCUT2D eigenvalue weighted by Gasteiger charge is 2.45. The van der Waals surface area contributed by atoms with Gasteiger partial charge in [0.2, 0.25) is 0 Å². The summed E-state index contributed by atoms with van der Waals surface area (Å²) in [6, 6.07) is 19.5. The van der Waals surface area contributed by atoms with E-state index in [9.17, 15) is 9.90 Å². The fourth-order valence-electron chi connectivity index (χ4n) is 2.94. The number of rotatable bonds is 8. The van der Waals surface area contributed by atoms with Gasteiger partial charge in [-0.2, -0.15) is 5.11 Å². The van der Waals surface area contributed by atoms with E-state index in [1.54, 1.807) is 29.1 Å². The number of methoxy groups -OCH3 is 1. The Labute approximate surface area is 214 Å². The molecular formula is C21H18N2O5P2S4. The molecule has 0 spiro atoms. The lowest BCUT2D eigenvalue weighted by Gasteiger charge is -2.40. The molecular weight excluding hydrogens is 550 g/mol. The first-order valence-electron chi connectivity index (χ1n) is 9.67. The van der Waals surface area contributed by atoms with Crippen LogP contribution >= 0.6 is 30.9 Å². The molecule has 13 heteroatoms. The normalized spacial score (nSPS) is 21.7. The van der Waals surface area contributed by atoms with Crippen LogP contribution in [-0.4, -0.2) is 30.0 Å². The van der Waals surface area contributed by atoms with Crippen molar-refractivity contribution in [2.24, 2.45) is 10.2 Å². The van der Waals surface area contributed by atoms with Crippen molar-refractivity contribution in [3.8, 4) is 17.2 Å². The molecule has 0 aliphatic carbocycles. The van der Waals surface area contributed by atoms with Crippen LogP contribution in [0.5, 0.6) is 17.2 Å². The summed E-state index contributed by atoms with van der Waals surface area (Å²) < 4.78 is 7.19. The van der Waals surface area contributed by atoms with Crippen LogP contribution in [0.15, 0.2) is 77.0 Å². The van der Waals surface area contributed by atoms with Crippen LogP contribution in [0.3, 0.4) is 0 Å². The maximum atomic E-state index is 10.9. The number of carboxylic acids is 1. The van der Waals surface area contributed by atoms with Crippen molar-refractivity contribution < 1.29 is 24.5 Å². The van der Waals surface area contributed by atoms with Gasteiger partial charge in [0.25, 0.3) is 0 Å². The summed E-state index contributed by atoms with van der Waals surface area (Å²) in [6.45, 7) is -0.0310. The second kappa shape index (κ2) is 10.4. The lowest BCUT2D eigenvalue weighted by Crippen LogP contribution is -2.09. The van der Waals surface area contributed by atoms with E-state index >= 15 is 0 Å². The summed E-state index contributed by atoms with van der Waals surface area (Å²) in [5.74, 6) is -0.148. The van der Waals surface area contributed by atoms with Gasteiger partial charge in [0, 0.05) is 16.7 Å². The van der Waals surface area contributed by atoms with Crippen LogP contribution in [-0.2, 0) is 23.6 Å². The predicted molar refractivity (Wildman–Crippen MR) is 148 cm³/mol. The summed E-state index contributed by atoms with van der Waals surface area (Å²) >= 11 is 15.5. The zero-order valence-corrected chi connectivity index (χ0v) is 22.7. The Morgan fingerprint density at radius 1 is 0.941 bits per heavy atom. The molecule has 176 valence electrons. The number of aromatic carboxylic acids is 1.